The maximum atomic E-state index is 13.3. The molecular weight excluding hydrogens is 450 g/mol. The van der Waals surface area contributed by atoms with Crippen LogP contribution in [0.2, 0.25) is 0 Å². The lowest BCUT2D eigenvalue weighted by Gasteiger charge is -2.30. The summed E-state index contributed by atoms with van der Waals surface area (Å²) in [6.07, 6.45) is 1.49. The first kappa shape index (κ1) is 23.7. The van der Waals surface area contributed by atoms with Crippen LogP contribution in [0.15, 0.2) is 65.7 Å². The molecule has 8 nitrogen and oxygen atoms in total. The van der Waals surface area contributed by atoms with Crippen LogP contribution in [-0.4, -0.2) is 45.5 Å². The second kappa shape index (κ2) is 10.2. The molecule has 178 valence electrons. The monoisotopic (exact) mass is 479 g/mol. The van der Waals surface area contributed by atoms with Gasteiger partial charge in [-0.05, 0) is 42.7 Å². The van der Waals surface area contributed by atoms with Crippen LogP contribution in [0.3, 0.4) is 0 Å². The average molecular weight is 480 g/mol. The molecule has 1 saturated heterocycles. The predicted molar refractivity (Wildman–Crippen MR) is 134 cm³/mol. The molecule has 0 saturated carbocycles. The van der Waals surface area contributed by atoms with Crippen molar-refractivity contribution in [3.63, 3.8) is 0 Å². The van der Waals surface area contributed by atoms with Crippen LogP contribution in [-0.2, 0) is 16.6 Å². The number of hydrogen-bond acceptors (Lipinski definition) is 6. The SMILES string of the molecule is Cc1ccc(C)c(S(=O)(=O)Nc2cc(C(=O)NCc3ccccc3)cnc2N2CCNCC2)c1. The van der Waals surface area contributed by atoms with Crippen molar-refractivity contribution >= 4 is 27.4 Å². The number of aryl methyl sites for hydroxylation is 2. The number of piperazine rings is 1. The number of nitrogens with zero attached hydrogens (tertiary/aromatic N) is 2. The van der Waals surface area contributed by atoms with E-state index in [9.17, 15) is 13.2 Å². The third-order valence-electron chi connectivity index (χ3n) is 5.72. The first-order valence-corrected chi connectivity index (χ1v) is 12.7. The number of nitrogens with one attached hydrogen (secondary N) is 3. The summed E-state index contributed by atoms with van der Waals surface area (Å²) in [5, 5.41) is 6.15. The molecule has 0 radical (unpaired) electrons. The van der Waals surface area contributed by atoms with Gasteiger partial charge in [0, 0.05) is 38.9 Å². The highest BCUT2D eigenvalue weighted by Gasteiger charge is 2.23. The van der Waals surface area contributed by atoms with E-state index in [2.05, 4.69) is 20.3 Å². The number of carbonyl (C=O) groups excluding carboxylic acids is 1. The summed E-state index contributed by atoms with van der Waals surface area (Å²) in [6.45, 7) is 6.88. The van der Waals surface area contributed by atoms with E-state index in [1.165, 1.54) is 6.20 Å². The highest BCUT2D eigenvalue weighted by atomic mass is 32.2. The van der Waals surface area contributed by atoms with Gasteiger partial charge in [-0.3, -0.25) is 9.52 Å². The highest BCUT2D eigenvalue weighted by Crippen LogP contribution is 2.28. The van der Waals surface area contributed by atoms with Gasteiger partial charge < -0.3 is 15.5 Å². The Labute approximate surface area is 200 Å². The number of aromatic nitrogens is 1. The van der Waals surface area contributed by atoms with Gasteiger partial charge in [0.05, 0.1) is 16.1 Å². The van der Waals surface area contributed by atoms with Crippen LogP contribution < -0.4 is 20.3 Å². The molecular formula is C25H29N5O3S. The van der Waals surface area contributed by atoms with Gasteiger partial charge in [0.15, 0.2) is 5.82 Å². The van der Waals surface area contributed by atoms with E-state index in [0.717, 1.165) is 24.2 Å². The summed E-state index contributed by atoms with van der Waals surface area (Å²) in [7, 11) is -3.89. The molecule has 0 aliphatic carbocycles. The summed E-state index contributed by atoms with van der Waals surface area (Å²) in [5.41, 5.74) is 3.03. The zero-order chi connectivity index (χ0) is 24.1. The van der Waals surface area contributed by atoms with Crippen LogP contribution >= 0.6 is 0 Å². The Morgan fingerprint density at radius 3 is 2.53 bits per heavy atom. The summed E-state index contributed by atoms with van der Waals surface area (Å²) < 4.78 is 29.4. The van der Waals surface area contributed by atoms with E-state index in [0.29, 0.717) is 31.0 Å². The first-order chi connectivity index (χ1) is 16.3. The van der Waals surface area contributed by atoms with Gasteiger partial charge in [0.1, 0.15) is 0 Å². The van der Waals surface area contributed by atoms with Crippen LogP contribution in [0.25, 0.3) is 0 Å². The number of amides is 1. The largest absolute Gasteiger partial charge is 0.352 e. The molecule has 9 heteroatoms. The smallest absolute Gasteiger partial charge is 0.262 e. The molecule has 2 heterocycles. The molecule has 34 heavy (non-hydrogen) atoms. The van der Waals surface area contributed by atoms with Gasteiger partial charge in [0.25, 0.3) is 15.9 Å². The topological polar surface area (TPSA) is 103 Å². The second-order valence-corrected chi connectivity index (χ2v) is 10.0. The molecule has 1 amide bonds. The Hall–Kier alpha value is -3.43. The number of pyridine rings is 1. The van der Waals surface area contributed by atoms with Gasteiger partial charge in [-0.15, -0.1) is 0 Å². The molecule has 3 aromatic rings. The minimum absolute atomic E-state index is 0.206. The number of rotatable bonds is 7. The molecule has 4 rings (SSSR count). The van der Waals surface area contributed by atoms with E-state index < -0.39 is 10.0 Å². The van der Waals surface area contributed by atoms with Crippen molar-refractivity contribution in [2.75, 3.05) is 35.8 Å². The Morgan fingerprint density at radius 2 is 1.79 bits per heavy atom. The molecule has 1 fully saturated rings. The molecule has 1 aliphatic rings. The number of sulfonamides is 1. The Balaban J connectivity index is 1.65. The number of anilines is 2. The summed E-state index contributed by atoms with van der Waals surface area (Å²) >= 11 is 0. The van der Waals surface area contributed by atoms with Crippen LogP contribution in [0.5, 0.6) is 0 Å². The maximum absolute atomic E-state index is 13.3. The van der Waals surface area contributed by atoms with Crippen molar-refractivity contribution in [1.82, 2.24) is 15.6 Å². The van der Waals surface area contributed by atoms with Gasteiger partial charge in [-0.1, -0.05) is 42.5 Å². The van der Waals surface area contributed by atoms with Gasteiger partial charge >= 0.3 is 0 Å². The van der Waals surface area contributed by atoms with Crippen molar-refractivity contribution < 1.29 is 13.2 Å². The molecule has 3 N–H and O–H groups in total. The third-order valence-corrected chi connectivity index (χ3v) is 7.23. The summed E-state index contributed by atoms with van der Waals surface area (Å²) in [6, 6.07) is 16.5. The van der Waals surface area contributed by atoms with E-state index in [1.54, 1.807) is 25.1 Å². The Bertz CT molecular complexity index is 1270. The van der Waals surface area contributed by atoms with Crippen molar-refractivity contribution in [2.24, 2.45) is 0 Å². The summed E-state index contributed by atoms with van der Waals surface area (Å²) in [5.74, 6) is 0.186. The Morgan fingerprint density at radius 1 is 1.06 bits per heavy atom. The van der Waals surface area contributed by atoms with Gasteiger partial charge in [-0.2, -0.15) is 0 Å². The van der Waals surface area contributed by atoms with Crippen LogP contribution in [0, 0.1) is 13.8 Å². The Kier molecular flexibility index (Phi) is 7.14. The quantitative estimate of drug-likeness (QED) is 0.482. The van der Waals surface area contributed by atoms with Gasteiger partial charge in [-0.25, -0.2) is 13.4 Å². The van der Waals surface area contributed by atoms with Gasteiger partial charge in [0.2, 0.25) is 0 Å². The molecule has 0 atom stereocenters. The van der Waals surface area contributed by atoms with E-state index >= 15 is 0 Å². The van der Waals surface area contributed by atoms with Crippen molar-refractivity contribution in [1.29, 1.82) is 0 Å². The zero-order valence-corrected chi connectivity index (χ0v) is 20.2. The van der Waals surface area contributed by atoms with Crippen molar-refractivity contribution in [2.45, 2.75) is 25.3 Å². The fraction of sp³-hybridized carbons (Fsp3) is 0.280. The average Bonchev–Trinajstić information content (AvgIpc) is 2.85. The molecule has 0 unspecified atom stereocenters. The second-order valence-electron chi connectivity index (χ2n) is 8.37. The van der Waals surface area contributed by atoms with E-state index in [1.807, 2.05) is 48.2 Å². The lowest BCUT2D eigenvalue weighted by atomic mass is 10.2. The summed E-state index contributed by atoms with van der Waals surface area (Å²) in [4.78, 5) is 19.6. The van der Waals surface area contributed by atoms with Crippen molar-refractivity contribution in [3.8, 4) is 0 Å². The number of hydrogen-bond donors (Lipinski definition) is 3. The lowest BCUT2D eigenvalue weighted by Crippen LogP contribution is -2.44. The lowest BCUT2D eigenvalue weighted by molar-refractivity contribution is 0.0950. The predicted octanol–water partition coefficient (Wildman–Crippen LogP) is 2.84. The molecule has 1 aliphatic heterocycles. The fourth-order valence-electron chi connectivity index (χ4n) is 3.86. The number of carbonyl (C=O) groups is 1. The maximum Gasteiger partial charge on any atom is 0.262 e. The van der Waals surface area contributed by atoms with Crippen molar-refractivity contribution in [3.05, 3.63) is 83.0 Å². The molecule has 0 bridgehead atoms. The molecule has 2 aromatic carbocycles. The minimum Gasteiger partial charge on any atom is -0.352 e. The van der Waals surface area contributed by atoms with E-state index in [4.69, 9.17) is 0 Å². The van der Waals surface area contributed by atoms with Crippen LogP contribution in [0.1, 0.15) is 27.0 Å². The van der Waals surface area contributed by atoms with Crippen LogP contribution in [0.4, 0.5) is 11.5 Å². The van der Waals surface area contributed by atoms with E-state index in [-0.39, 0.29) is 22.1 Å². The molecule has 0 spiro atoms. The number of benzene rings is 2. The standard InChI is InChI=1S/C25H29N5O3S/c1-18-8-9-19(2)23(14-18)34(32,33)29-22-15-21(17-27-24(22)30-12-10-26-11-13-30)25(31)28-16-20-6-4-3-5-7-20/h3-9,14-15,17,26,29H,10-13,16H2,1-2H3,(H,28,31). The molecule has 1 aromatic heterocycles. The minimum atomic E-state index is -3.89. The third kappa shape index (κ3) is 5.55. The highest BCUT2D eigenvalue weighted by molar-refractivity contribution is 7.92. The normalized spacial score (nSPS) is 14.0. The first-order valence-electron chi connectivity index (χ1n) is 11.2. The fourth-order valence-corrected chi connectivity index (χ4v) is 5.24. The zero-order valence-electron chi connectivity index (χ0n) is 19.3.